The zero-order chi connectivity index (χ0) is 23.1. The molecule has 1 aromatic heterocycles. The number of likely N-dealkylation sites (tertiary alicyclic amines) is 1. The summed E-state index contributed by atoms with van der Waals surface area (Å²) in [5.41, 5.74) is 0.0578. The molecule has 0 radical (unpaired) electrons. The highest BCUT2D eigenvalue weighted by Gasteiger charge is 2.68. The van der Waals surface area contributed by atoms with Crippen LogP contribution in [0.1, 0.15) is 39.2 Å². The number of carbonyl (C=O) groups is 2. The number of aromatic nitrogens is 1. The Hall–Kier alpha value is -1.97. The molecule has 174 valence electrons. The lowest BCUT2D eigenvalue weighted by Gasteiger charge is -2.30. The standard InChI is InChI=1S/C23H31BrN4O4/c1-22(2,3)32-21(30)28-16-11-23(12-17(23)28)14-27(4)9-5-6-10-31-13-15-7-8-18(24)25-19(15)26-20(16)29/h5-8,16-17H,9-14H2,1-4H3,(H,25,26,29)/t16-,17+,23-/m0/s1. The molecule has 3 aliphatic rings. The molecule has 2 bridgehead atoms. The Morgan fingerprint density at radius 2 is 2.09 bits per heavy atom. The Morgan fingerprint density at radius 1 is 1.31 bits per heavy atom. The SMILES string of the molecule is CN1CC=CCOCc2ccc(Br)nc2NC(=O)[C@@H]2C[C@]3(C[C@H]3N2C(=O)OC(C)(C)C)C1. The van der Waals surface area contributed by atoms with Crippen molar-refractivity contribution in [2.75, 3.05) is 32.1 Å². The molecular weight excluding hydrogens is 476 g/mol. The average Bonchev–Trinajstić information content (AvgIpc) is 3.26. The number of fused-ring (bicyclic) bond motifs is 2. The summed E-state index contributed by atoms with van der Waals surface area (Å²) in [6.45, 7) is 7.92. The van der Waals surface area contributed by atoms with Gasteiger partial charge in [-0.25, -0.2) is 9.78 Å². The van der Waals surface area contributed by atoms with E-state index in [-0.39, 0.29) is 17.4 Å². The number of pyridine rings is 1. The normalized spacial score (nSPS) is 28.8. The van der Waals surface area contributed by atoms with Crippen LogP contribution in [-0.2, 0) is 20.9 Å². The number of likely N-dealkylation sites (N-methyl/N-ethyl adjacent to an activating group) is 1. The number of hydrogen-bond donors (Lipinski definition) is 1. The van der Waals surface area contributed by atoms with Gasteiger partial charge in [-0.2, -0.15) is 0 Å². The first-order valence-corrected chi connectivity index (χ1v) is 11.8. The van der Waals surface area contributed by atoms with Crippen molar-refractivity contribution < 1.29 is 19.1 Å². The van der Waals surface area contributed by atoms with Crippen molar-refractivity contribution in [2.45, 2.75) is 57.9 Å². The van der Waals surface area contributed by atoms with Gasteiger partial charge in [0.05, 0.1) is 13.2 Å². The van der Waals surface area contributed by atoms with Gasteiger partial charge in [-0.15, -0.1) is 0 Å². The molecule has 1 N–H and O–H groups in total. The lowest BCUT2D eigenvalue weighted by Crippen LogP contribution is -2.47. The van der Waals surface area contributed by atoms with Crippen LogP contribution in [0.5, 0.6) is 0 Å². The van der Waals surface area contributed by atoms with Gasteiger partial charge < -0.3 is 19.7 Å². The summed E-state index contributed by atoms with van der Waals surface area (Å²) in [4.78, 5) is 34.9. The zero-order valence-corrected chi connectivity index (χ0v) is 20.6. The van der Waals surface area contributed by atoms with E-state index in [1.807, 2.05) is 39.0 Å². The minimum Gasteiger partial charge on any atom is -0.444 e. The molecular formula is C23H31BrN4O4. The van der Waals surface area contributed by atoms with Gasteiger partial charge in [0.15, 0.2) is 0 Å². The van der Waals surface area contributed by atoms with E-state index < -0.39 is 17.7 Å². The third-order valence-corrected chi connectivity index (χ3v) is 6.59. The molecule has 3 atom stereocenters. The molecule has 3 heterocycles. The molecule has 0 unspecified atom stereocenters. The number of rotatable bonds is 0. The van der Waals surface area contributed by atoms with Crippen molar-refractivity contribution in [3.8, 4) is 0 Å². The predicted octanol–water partition coefficient (Wildman–Crippen LogP) is 3.57. The van der Waals surface area contributed by atoms with Crippen LogP contribution in [-0.4, -0.2) is 71.2 Å². The summed E-state index contributed by atoms with van der Waals surface area (Å²) in [6.07, 6.45) is 5.16. The van der Waals surface area contributed by atoms with Crippen LogP contribution in [0.4, 0.5) is 10.6 Å². The van der Waals surface area contributed by atoms with E-state index >= 15 is 0 Å². The maximum Gasteiger partial charge on any atom is 0.411 e. The Bertz CT molecular complexity index is 931. The van der Waals surface area contributed by atoms with E-state index in [0.29, 0.717) is 30.1 Å². The smallest absolute Gasteiger partial charge is 0.411 e. The Labute approximate surface area is 197 Å². The minimum atomic E-state index is -0.632. The first-order chi connectivity index (χ1) is 15.1. The molecule has 1 spiro atoms. The van der Waals surface area contributed by atoms with Gasteiger partial charge in [0.1, 0.15) is 22.1 Å². The van der Waals surface area contributed by atoms with Crippen molar-refractivity contribution >= 4 is 33.7 Å². The quantitative estimate of drug-likeness (QED) is 0.427. The molecule has 2 fully saturated rings. The highest BCUT2D eigenvalue weighted by Crippen LogP contribution is 2.60. The number of halogens is 1. The van der Waals surface area contributed by atoms with Crippen molar-refractivity contribution in [1.82, 2.24) is 14.8 Å². The molecule has 9 heteroatoms. The third-order valence-electron chi connectivity index (χ3n) is 6.15. The van der Waals surface area contributed by atoms with E-state index in [1.165, 1.54) is 0 Å². The van der Waals surface area contributed by atoms with E-state index in [1.54, 1.807) is 4.90 Å². The van der Waals surface area contributed by atoms with Crippen LogP contribution >= 0.6 is 15.9 Å². The number of nitrogens with zero attached hydrogens (tertiary/aromatic N) is 3. The zero-order valence-electron chi connectivity index (χ0n) is 19.1. The van der Waals surface area contributed by atoms with E-state index in [9.17, 15) is 9.59 Å². The summed E-state index contributed by atoms with van der Waals surface area (Å²) in [5, 5.41) is 2.95. The fourth-order valence-corrected chi connectivity index (χ4v) is 5.02. The monoisotopic (exact) mass is 506 g/mol. The van der Waals surface area contributed by atoms with Crippen molar-refractivity contribution in [3.05, 3.63) is 34.5 Å². The second kappa shape index (κ2) is 8.76. The Balaban J connectivity index is 1.65. The van der Waals surface area contributed by atoms with Gasteiger partial charge in [-0.3, -0.25) is 9.69 Å². The summed E-state index contributed by atoms with van der Waals surface area (Å²) in [5.74, 6) is 0.198. The minimum absolute atomic E-state index is 0.00529. The molecule has 4 rings (SSSR count). The second-order valence-corrected chi connectivity index (χ2v) is 10.8. The largest absolute Gasteiger partial charge is 0.444 e. The number of ether oxygens (including phenoxy) is 2. The summed E-state index contributed by atoms with van der Waals surface area (Å²) < 4.78 is 12.0. The maximum absolute atomic E-state index is 13.4. The van der Waals surface area contributed by atoms with E-state index in [2.05, 4.69) is 44.3 Å². The van der Waals surface area contributed by atoms with Crippen LogP contribution in [0.3, 0.4) is 0 Å². The number of amides is 2. The molecule has 1 aliphatic carbocycles. The topological polar surface area (TPSA) is 84.0 Å². The lowest BCUT2D eigenvalue weighted by atomic mass is 9.98. The first-order valence-electron chi connectivity index (χ1n) is 11.0. The molecule has 1 aromatic rings. The van der Waals surface area contributed by atoms with Crippen LogP contribution < -0.4 is 5.32 Å². The van der Waals surface area contributed by atoms with Gasteiger partial charge in [-0.05, 0) is 62.7 Å². The van der Waals surface area contributed by atoms with Crippen LogP contribution in [0.25, 0.3) is 0 Å². The number of anilines is 1. The van der Waals surface area contributed by atoms with E-state index in [0.717, 1.165) is 25.1 Å². The van der Waals surface area contributed by atoms with Gasteiger partial charge in [-0.1, -0.05) is 18.2 Å². The highest BCUT2D eigenvalue weighted by atomic mass is 79.9. The number of hydrogen-bond acceptors (Lipinski definition) is 6. The van der Waals surface area contributed by atoms with Gasteiger partial charge in [0.25, 0.3) is 0 Å². The number of carbonyl (C=O) groups excluding carboxylic acids is 2. The summed E-state index contributed by atoms with van der Waals surface area (Å²) in [7, 11) is 2.07. The maximum atomic E-state index is 13.4. The third kappa shape index (κ3) is 5.00. The summed E-state index contributed by atoms with van der Waals surface area (Å²) in [6, 6.07) is 3.10. The molecule has 8 nitrogen and oxygen atoms in total. The Kier molecular flexibility index (Phi) is 6.35. The highest BCUT2D eigenvalue weighted by molar-refractivity contribution is 9.10. The Morgan fingerprint density at radius 3 is 2.84 bits per heavy atom. The van der Waals surface area contributed by atoms with Gasteiger partial charge in [0, 0.05) is 30.1 Å². The second-order valence-electron chi connectivity index (χ2n) is 10.0. The van der Waals surface area contributed by atoms with Crippen molar-refractivity contribution in [3.63, 3.8) is 0 Å². The molecule has 0 aromatic carbocycles. The first kappa shape index (κ1) is 23.2. The van der Waals surface area contributed by atoms with Crippen LogP contribution in [0.15, 0.2) is 28.9 Å². The molecule has 1 saturated carbocycles. The molecule has 1 saturated heterocycles. The van der Waals surface area contributed by atoms with E-state index in [4.69, 9.17) is 9.47 Å². The summed E-state index contributed by atoms with van der Waals surface area (Å²) >= 11 is 3.38. The molecule has 2 amide bonds. The van der Waals surface area contributed by atoms with Crippen LogP contribution in [0, 0.1) is 5.41 Å². The van der Waals surface area contributed by atoms with Crippen molar-refractivity contribution in [1.29, 1.82) is 0 Å². The lowest BCUT2D eigenvalue weighted by molar-refractivity contribution is -0.121. The molecule has 32 heavy (non-hydrogen) atoms. The average molecular weight is 507 g/mol. The number of piperidine rings is 1. The molecule has 2 aliphatic heterocycles. The fraction of sp³-hybridized carbons (Fsp3) is 0.609. The van der Waals surface area contributed by atoms with Crippen molar-refractivity contribution in [2.24, 2.45) is 5.41 Å². The fourth-order valence-electron chi connectivity index (χ4n) is 4.71. The van der Waals surface area contributed by atoms with Gasteiger partial charge >= 0.3 is 6.09 Å². The van der Waals surface area contributed by atoms with Crippen LogP contribution in [0.2, 0.25) is 0 Å². The number of nitrogens with one attached hydrogen (secondary N) is 1. The van der Waals surface area contributed by atoms with Gasteiger partial charge in [0.2, 0.25) is 5.91 Å². The predicted molar refractivity (Wildman–Crippen MR) is 124 cm³/mol.